The Kier molecular flexibility index (Phi) is 8.87. The van der Waals surface area contributed by atoms with Gasteiger partial charge in [-0.2, -0.15) is 0 Å². The third kappa shape index (κ3) is 7.00. The standard InChI is InChI=1S/C50H52N4O/c1-48(2,3)35-24-25-51-46(30-35)54-43-21-14-13-20-40(43)41-23-22-39(32-44(41)54)55-38-19-15-18-37(31-38)52-26-27-53(33-52)45-29-36(49(4,5)6)28-42(50(7,8)9)47(45)34-16-11-10-12-17-34/h10-32H,33H2,1-9H3. The van der Waals surface area contributed by atoms with Crippen LogP contribution in [0.25, 0.3) is 38.8 Å². The first-order valence-corrected chi connectivity index (χ1v) is 19.4. The summed E-state index contributed by atoms with van der Waals surface area (Å²) in [7, 11) is 0. The molecule has 5 heteroatoms. The molecule has 8 rings (SSSR count). The van der Waals surface area contributed by atoms with Gasteiger partial charge in [0.15, 0.2) is 0 Å². The van der Waals surface area contributed by atoms with Crippen LogP contribution in [0.4, 0.5) is 11.4 Å². The van der Waals surface area contributed by atoms with Crippen LogP contribution in [0.15, 0.2) is 140 Å². The Balaban J connectivity index is 1.12. The highest BCUT2D eigenvalue weighted by Gasteiger charge is 2.29. The van der Waals surface area contributed by atoms with E-state index in [-0.39, 0.29) is 16.2 Å². The molecule has 0 fully saturated rings. The zero-order chi connectivity index (χ0) is 38.7. The number of rotatable bonds is 6. The molecular formula is C50H52N4O. The lowest BCUT2D eigenvalue weighted by molar-refractivity contribution is 0.483. The van der Waals surface area contributed by atoms with Crippen molar-refractivity contribution in [2.45, 2.75) is 78.6 Å². The number of hydrogen-bond acceptors (Lipinski definition) is 4. The van der Waals surface area contributed by atoms with Gasteiger partial charge < -0.3 is 14.5 Å². The second kappa shape index (κ2) is 13.5. The highest BCUT2D eigenvalue weighted by molar-refractivity contribution is 6.09. The average molecular weight is 725 g/mol. The van der Waals surface area contributed by atoms with E-state index in [0.29, 0.717) is 6.67 Å². The molecule has 0 spiro atoms. The summed E-state index contributed by atoms with van der Waals surface area (Å²) < 4.78 is 8.91. The van der Waals surface area contributed by atoms with E-state index >= 15 is 0 Å². The van der Waals surface area contributed by atoms with Crippen LogP contribution in [0.3, 0.4) is 0 Å². The van der Waals surface area contributed by atoms with Crippen molar-refractivity contribution in [2.75, 3.05) is 16.5 Å². The van der Waals surface area contributed by atoms with Crippen LogP contribution in [0.2, 0.25) is 0 Å². The van der Waals surface area contributed by atoms with E-state index in [4.69, 9.17) is 9.72 Å². The molecule has 3 heterocycles. The number of anilines is 2. The van der Waals surface area contributed by atoms with Gasteiger partial charge in [0.25, 0.3) is 0 Å². The molecule has 0 unspecified atom stereocenters. The lowest BCUT2D eigenvalue weighted by Crippen LogP contribution is -2.27. The lowest BCUT2D eigenvalue weighted by Gasteiger charge is -2.32. The minimum absolute atomic E-state index is 0.00309. The molecule has 0 N–H and O–H groups in total. The molecule has 55 heavy (non-hydrogen) atoms. The third-order valence-electron chi connectivity index (χ3n) is 10.8. The highest BCUT2D eigenvalue weighted by atomic mass is 16.5. The predicted octanol–water partition coefficient (Wildman–Crippen LogP) is 13.3. The van der Waals surface area contributed by atoms with Gasteiger partial charge in [-0.1, -0.05) is 123 Å². The zero-order valence-electron chi connectivity index (χ0n) is 33.7. The van der Waals surface area contributed by atoms with Crippen LogP contribution < -0.4 is 14.5 Å². The second-order valence-corrected chi connectivity index (χ2v) is 17.9. The van der Waals surface area contributed by atoms with Crippen molar-refractivity contribution in [3.05, 3.63) is 157 Å². The fourth-order valence-corrected chi connectivity index (χ4v) is 7.66. The van der Waals surface area contributed by atoms with Crippen molar-refractivity contribution in [2.24, 2.45) is 0 Å². The lowest BCUT2D eigenvalue weighted by atomic mass is 9.76. The Morgan fingerprint density at radius 2 is 1.24 bits per heavy atom. The van der Waals surface area contributed by atoms with Crippen LogP contribution in [-0.2, 0) is 16.2 Å². The monoisotopic (exact) mass is 724 g/mol. The minimum Gasteiger partial charge on any atom is -0.457 e. The number of aromatic nitrogens is 2. The summed E-state index contributed by atoms with van der Waals surface area (Å²) in [6.07, 6.45) is 6.31. The van der Waals surface area contributed by atoms with Gasteiger partial charge in [-0.15, -0.1) is 0 Å². The average Bonchev–Trinajstić information content (AvgIpc) is 3.77. The van der Waals surface area contributed by atoms with Crippen LogP contribution in [-0.4, -0.2) is 16.2 Å². The van der Waals surface area contributed by atoms with Gasteiger partial charge in [0.2, 0.25) is 0 Å². The first kappa shape index (κ1) is 36.2. The van der Waals surface area contributed by atoms with Crippen molar-refractivity contribution >= 4 is 33.2 Å². The van der Waals surface area contributed by atoms with Gasteiger partial charge in [-0.05, 0) is 87.0 Å². The molecule has 0 bridgehead atoms. The summed E-state index contributed by atoms with van der Waals surface area (Å²) in [4.78, 5) is 9.53. The summed E-state index contributed by atoms with van der Waals surface area (Å²) in [5.41, 5.74) is 10.9. The first-order chi connectivity index (χ1) is 26.1. The number of hydrogen-bond donors (Lipinski definition) is 0. The first-order valence-electron chi connectivity index (χ1n) is 19.4. The van der Waals surface area contributed by atoms with E-state index in [1.54, 1.807) is 0 Å². The Hall–Kier alpha value is -5.81. The smallest absolute Gasteiger partial charge is 0.137 e. The third-order valence-corrected chi connectivity index (χ3v) is 10.8. The van der Waals surface area contributed by atoms with Crippen molar-refractivity contribution in [3.8, 4) is 28.4 Å². The topological polar surface area (TPSA) is 33.5 Å². The molecule has 5 aromatic carbocycles. The van der Waals surface area contributed by atoms with Crippen molar-refractivity contribution in [1.29, 1.82) is 0 Å². The van der Waals surface area contributed by atoms with Crippen molar-refractivity contribution in [3.63, 3.8) is 0 Å². The van der Waals surface area contributed by atoms with E-state index in [9.17, 15) is 0 Å². The van der Waals surface area contributed by atoms with E-state index < -0.39 is 0 Å². The van der Waals surface area contributed by atoms with Crippen LogP contribution in [0.5, 0.6) is 11.5 Å². The number of ether oxygens (including phenoxy) is 1. The molecule has 0 saturated carbocycles. The molecule has 1 aliphatic rings. The maximum atomic E-state index is 6.65. The van der Waals surface area contributed by atoms with Gasteiger partial charge in [0.05, 0.1) is 23.4 Å². The molecule has 0 amide bonds. The minimum atomic E-state index is -0.0413. The van der Waals surface area contributed by atoms with E-state index in [1.807, 2.05) is 12.3 Å². The van der Waals surface area contributed by atoms with Crippen LogP contribution in [0, 0.1) is 0 Å². The summed E-state index contributed by atoms with van der Waals surface area (Å²) in [5, 5.41) is 2.36. The molecule has 278 valence electrons. The summed E-state index contributed by atoms with van der Waals surface area (Å²) in [5.74, 6) is 2.47. The Morgan fingerprint density at radius 1 is 0.545 bits per heavy atom. The number of nitrogens with zero attached hydrogens (tertiary/aromatic N) is 4. The van der Waals surface area contributed by atoms with Gasteiger partial charge in [0, 0.05) is 52.8 Å². The van der Waals surface area contributed by atoms with Crippen molar-refractivity contribution in [1.82, 2.24) is 9.55 Å². The predicted molar refractivity (Wildman–Crippen MR) is 232 cm³/mol. The van der Waals surface area contributed by atoms with E-state index in [0.717, 1.165) is 34.0 Å². The Labute approximate surface area is 326 Å². The number of benzene rings is 5. The fourth-order valence-electron chi connectivity index (χ4n) is 7.66. The molecule has 5 nitrogen and oxygen atoms in total. The SMILES string of the molecule is CC(C)(C)c1ccnc(-n2c3ccccc3c3ccc(Oc4cccc(N5C=CN(c6cc(C(C)(C)C)cc(C(C)(C)C)c6-c6ccccc6)C5)c4)cc32)c1. The molecule has 7 aromatic rings. The summed E-state index contributed by atoms with van der Waals surface area (Å²) in [6.45, 7) is 21.3. The van der Waals surface area contributed by atoms with Crippen molar-refractivity contribution < 1.29 is 4.74 Å². The van der Waals surface area contributed by atoms with Gasteiger partial charge in [-0.25, -0.2) is 4.98 Å². The normalized spacial score (nSPS) is 13.7. The van der Waals surface area contributed by atoms with Gasteiger partial charge in [0.1, 0.15) is 17.3 Å². The quantitative estimate of drug-likeness (QED) is 0.171. The summed E-state index contributed by atoms with van der Waals surface area (Å²) >= 11 is 0. The Bertz CT molecular complexity index is 2560. The zero-order valence-corrected chi connectivity index (χ0v) is 33.7. The van der Waals surface area contributed by atoms with Crippen LogP contribution >= 0.6 is 0 Å². The number of pyridine rings is 1. The summed E-state index contributed by atoms with van der Waals surface area (Å²) in [6, 6.07) is 43.3. The van der Waals surface area contributed by atoms with E-state index in [1.165, 1.54) is 44.3 Å². The van der Waals surface area contributed by atoms with Gasteiger partial charge >= 0.3 is 0 Å². The largest absolute Gasteiger partial charge is 0.457 e. The molecule has 0 saturated heterocycles. The molecule has 0 aliphatic carbocycles. The fraction of sp³-hybridized carbons (Fsp3) is 0.260. The number of fused-ring (bicyclic) bond motifs is 3. The van der Waals surface area contributed by atoms with Gasteiger partial charge in [-0.3, -0.25) is 4.57 Å². The molecule has 0 radical (unpaired) electrons. The maximum absolute atomic E-state index is 6.65. The molecule has 2 aromatic heterocycles. The van der Waals surface area contributed by atoms with Crippen LogP contribution in [0.1, 0.15) is 79.0 Å². The maximum Gasteiger partial charge on any atom is 0.137 e. The number of para-hydroxylation sites is 1. The Morgan fingerprint density at radius 3 is 1.98 bits per heavy atom. The molecule has 0 atom stereocenters. The highest BCUT2D eigenvalue weighted by Crippen LogP contribution is 2.44. The molecular weight excluding hydrogens is 673 g/mol. The molecule has 1 aliphatic heterocycles. The van der Waals surface area contributed by atoms with E-state index in [2.05, 4.69) is 204 Å². The second-order valence-electron chi connectivity index (χ2n) is 17.9.